The standard InChI is InChI=1S/C23H31N3O4/c1-15(2)28-23(27)26-17-3-4-18(26)12-21(11-17)29-19-5-7-20(8-6-19)30-22-9-10-25-14-16(22)13-24/h9-10,14-15,17-21H,3-8,11-12H2,1-2H3/t17-,18+,19?,20?,21?. The van der Waals surface area contributed by atoms with Crippen LogP contribution in [0.15, 0.2) is 18.5 Å². The molecule has 7 nitrogen and oxygen atoms in total. The minimum Gasteiger partial charge on any atom is -0.489 e. The van der Waals surface area contributed by atoms with E-state index in [0.717, 1.165) is 51.4 Å². The predicted octanol–water partition coefficient (Wildman–Crippen LogP) is 4.20. The number of pyridine rings is 1. The van der Waals surface area contributed by atoms with Crippen LogP contribution < -0.4 is 4.74 Å². The number of hydrogen-bond donors (Lipinski definition) is 0. The molecule has 0 aromatic carbocycles. The molecule has 0 radical (unpaired) electrons. The molecule has 1 amide bonds. The molecule has 2 bridgehead atoms. The van der Waals surface area contributed by atoms with E-state index in [1.165, 1.54) is 0 Å². The number of fused-ring (bicyclic) bond motifs is 2. The summed E-state index contributed by atoms with van der Waals surface area (Å²) >= 11 is 0. The second kappa shape index (κ2) is 9.22. The molecule has 2 aliphatic heterocycles. The molecule has 1 saturated carbocycles. The Kier molecular flexibility index (Phi) is 6.43. The first-order valence-corrected chi connectivity index (χ1v) is 11.2. The van der Waals surface area contributed by atoms with Crippen LogP contribution in [0.3, 0.4) is 0 Å². The van der Waals surface area contributed by atoms with Crippen molar-refractivity contribution in [3.05, 3.63) is 24.0 Å². The fourth-order valence-electron chi connectivity index (χ4n) is 5.11. The lowest BCUT2D eigenvalue weighted by atomic mass is 9.93. The summed E-state index contributed by atoms with van der Waals surface area (Å²) in [7, 11) is 0. The number of rotatable bonds is 5. The summed E-state index contributed by atoms with van der Waals surface area (Å²) < 4.78 is 18.0. The highest BCUT2D eigenvalue weighted by molar-refractivity contribution is 5.69. The quantitative estimate of drug-likeness (QED) is 0.719. The number of carbonyl (C=O) groups is 1. The Bertz CT molecular complexity index is 771. The summed E-state index contributed by atoms with van der Waals surface area (Å²) in [4.78, 5) is 18.4. The van der Waals surface area contributed by atoms with E-state index < -0.39 is 0 Å². The summed E-state index contributed by atoms with van der Waals surface area (Å²) in [5.74, 6) is 0.620. The van der Waals surface area contributed by atoms with Crippen LogP contribution in [0.25, 0.3) is 0 Å². The summed E-state index contributed by atoms with van der Waals surface area (Å²) in [5.41, 5.74) is 0.481. The molecule has 1 aliphatic carbocycles. The predicted molar refractivity (Wildman–Crippen MR) is 110 cm³/mol. The van der Waals surface area contributed by atoms with Gasteiger partial charge < -0.3 is 19.1 Å². The Balaban J connectivity index is 1.25. The normalized spacial score (nSPS) is 30.7. The SMILES string of the molecule is CC(C)OC(=O)N1[C@@H]2CC[C@H]1CC(OC1CCC(Oc3ccncc3C#N)CC1)C2. The van der Waals surface area contributed by atoms with E-state index in [1.54, 1.807) is 18.5 Å². The molecule has 0 N–H and O–H groups in total. The maximum absolute atomic E-state index is 12.4. The van der Waals surface area contributed by atoms with E-state index >= 15 is 0 Å². The molecule has 7 heteroatoms. The zero-order chi connectivity index (χ0) is 21.1. The number of piperidine rings is 1. The van der Waals surface area contributed by atoms with Crippen LogP contribution in [-0.2, 0) is 9.47 Å². The van der Waals surface area contributed by atoms with Gasteiger partial charge in [0.15, 0.2) is 0 Å². The van der Waals surface area contributed by atoms with Gasteiger partial charge in [-0.1, -0.05) is 0 Å². The number of carbonyl (C=O) groups excluding carboxylic acids is 1. The number of aromatic nitrogens is 1. The van der Waals surface area contributed by atoms with Crippen LogP contribution in [-0.4, -0.2) is 52.5 Å². The Morgan fingerprint density at radius 1 is 1.10 bits per heavy atom. The van der Waals surface area contributed by atoms with E-state index in [-0.39, 0.29) is 42.6 Å². The fraction of sp³-hybridized carbons (Fsp3) is 0.696. The van der Waals surface area contributed by atoms with Gasteiger partial charge >= 0.3 is 6.09 Å². The maximum atomic E-state index is 12.4. The van der Waals surface area contributed by atoms with E-state index in [4.69, 9.17) is 14.2 Å². The van der Waals surface area contributed by atoms with E-state index in [0.29, 0.717) is 11.3 Å². The Hall–Kier alpha value is -2.33. The molecule has 1 unspecified atom stereocenters. The molecule has 4 rings (SSSR count). The number of amides is 1. The smallest absolute Gasteiger partial charge is 0.410 e. The maximum Gasteiger partial charge on any atom is 0.410 e. The van der Waals surface area contributed by atoms with Crippen LogP contribution >= 0.6 is 0 Å². The lowest BCUT2D eigenvalue weighted by Crippen LogP contribution is -2.50. The molecular formula is C23H31N3O4. The molecule has 1 aromatic rings. The lowest BCUT2D eigenvalue weighted by Gasteiger charge is -2.40. The summed E-state index contributed by atoms with van der Waals surface area (Å²) in [6, 6.07) is 4.39. The Labute approximate surface area is 178 Å². The van der Waals surface area contributed by atoms with Crippen LogP contribution in [0, 0.1) is 11.3 Å². The molecule has 3 heterocycles. The third kappa shape index (κ3) is 4.70. The van der Waals surface area contributed by atoms with Crippen molar-refractivity contribution in [3.63, 3.8) is 0 Å². The second-order valence-corrected chi connectivity index (χ2v) is 8.95. The number of hydrogen-bond acceptors (Lipinski definition) is 6. The van der Waals surface area contributed by atoms with Gasteiger partial charge in [-0.25, -0.2) is 4.79 Å². The van der Waals surface area contributed by atoms with Gasteiger partial charge in [0.25, 0.3) is 0 Å². The summed E-state index contributed by atoms with van der Waals surface area (Å²) in [6.45, 7) is 3.79. The first kappa shape index (κ1) is 20.9. The van der Waals surface area contributed by atoms with Crippen molar-refractivity contribution in [2.75, 3.05) is 0 Å². The highest BCUT2D eigenvalue weighted by atomic mass is 16.6. The number of nitriles is 1. The van der Waals surface area contributed by atoms with Gasteiger partial charge in [0.05, 0.1) is 24.4 Å². The highest BCUT2D eigenvalue weighted by Crippen LogP contribution is 2.39. The van der Waals surface area contributed by atoms with Crippen LogP contribution in [0.4, 0.5) is 4.79 Å². The fourth-order valence-corrected chi connectivity index (χ4v) is 5.11. The minimum atomic E-state index is -0.165. The van der Waals surface area contributed by atoms with E-state index in [2.05, 4.69) is 11.1 Å². The molecule has 30 heavy (non-hydrogen) atoms. The second-order valence-electron chi connectivity index (χ2n) is 8.95. The summed E-state index contributed by atoms with van der Waals surface area (Å²) in [5, 5.41) is 9.19. The third-order valence-electron chi connectivity index (χ3n) is 6.44. The Morgan fingerprint density at radius 2 is 1.77 bits per heavy atom. The van der Waals surface area contributed by atoms with Crippen LogP contribution in [0.1, 0.15) is 70.8 Å². The van der Waals surface area contributed by atoms with Gasteiger partial charge in [0, 0.05) is 24.5 Å². The van der Waals surface area contributed by atoms with Crippen molar-refractivity contribution in [1.29, 1.82) is 5.26 Å². The van der Waals surface area contributed by atoms with Crippen molar-refractivity contribution in [3.8, 4) is 11.8 Å². The number of ether oxygens (including phenoxy) is 3. The molecule has 2 saturated heterocycles. The van der Waals surface area contributed by atoms with Crippen LogP contribution in [0.2, 0.25) is 0 Å². The highest BCUT2D eigenvalue weighted by Gasteiger charge is 2.45. The zero-order valence-corrected chi connectivity index (χ0v) is 17.8. The van der Waals surface area contributed by atoms with Gasteiger partial charge in [-0.15, -0.1) is 0 Å². The third-order valence-corrected chi connectivity index (χ3v) is 6.44. The first-order chi connectivity index (χ1) is 14.5. The summed E-state index contributed by atoms with van der Waals surface area (Å²) in [6.07, 6.45) is 11.2. The van der Waals surface area contributed by atoms with Crippen molar-refractivity contribution in [2.45, 2.75) is 102 Å². The zero-order valence-electron chi connectivity index (χ0n) is 17.8. The number of nitrogens with zero attached hydrogens (tertiary/aromatic N) is 3. The van der Waals surface area contributed by atoms with Gasteiger partial charge in [0.1, 0.15) is 17.4 Å². The monoisotopic (exact) mass is 413 g/mol. The van der Waals surface area contributed by atoms with Gasteiger partial charge in [0.2, 0.25) is 0 Å². The van der Waals surface area contributed by atoms with Crippen LogP contribution in [0.5, 0.6) is 5.75 Å². The molecular weight excluding hydrogens is 382 g/mol. The minimum absolute atomic E-state index is 0.0836. The molecule has 3 aliphatic rings. The largest absolute Gasteiger partial charge is 0.489 e. The van der Waals surface area contributed by atoms with Crippen molar-refractivity contribution in [2.24, 2.45) is 0 Å². The van der Waals surface area contributed by atoms with Gasteiger partial charge in [-0.3, -0.25) is 4.98 Å². The molecule has 3 atom stereocenters. The molecule has 0 spiro atoms. The van der Waals surface area contributed by atoms with Crippen molar-refractivity contribution < 1.29 is 19.0 Å². The van der Waals surface area contributed by atoms with Crippen molar-refractivity contribution in [1.82, 2.24) is 9.88 Å². The van der Waals surface area contributed by atoms with E-state index in [9.17, 15) is 10.1 Å². The lowest BCUT2D eigenvalue weighted by molar-refractivity contribution is -0.0786. The average molecular weight is 414 g/mol. The van der Waals surface area contributed by atoms with Crippen molar-refractivity contribution >= 4 is 6.09 Å². The molecule has 3 fully saturated rings. The Morgan fingerprint density at radius 3 is 2.40 bits per heavy atom. The molecule has 162 valence electrons. The topological polar surface area (TPSA) is 84.7 Å². The first-order valence-electron chi connectivity index (χ1n) is 11.2. The molecule has 1 aromatic heterocycles. The van der Waals surface area contributed by atoms with E-state index in [1.807, 2.05) is 18.7 Å². The average Bonchev–Trinajstić information content (AvgIpc) is 3.00. The van der Waals surface area contributed by atoms with Gasteiger partial charge in [-0.05, 0) is 71.3 Å². The van der Waals surface area contributed by atoms with Gasteiger partial charge in [-0.2, -0.15) is 5.26 Å².